The number of hydrogen-bond acceptors (Lipinski definition) is 5. The first-order valence-corrected chi connectivity index (χ1v) is 12.3. The Morgan fingerprint density at radius 1 is 1.00 bits per heavy atom. The fraction of sp³-hybridized carbons (Fsp3) is 0.720. The average molecular weight is 574 g/mol. The van der Waals surface area contributed by atoms with E-state index in [0.717, 1.165) is 90.8 Å². The summed E-state index contributed by atoms with van der Waals surface area (Å²) in [4.78, 5) is 12.2. The van der Waals surface area contributed by atoms with Gasteiger partial charge in [-0.1, -0.05) is 24.3 Å². The molecule has 2 aliphatic rings. The SMILES string of the molecule is CCNC(=NCc1ccc(CN2CCN(C)CC2)cc1)N1CCC(OCCCOC)CC1.I. The zero-order chi connectivity index (χ0) is 22.6. The number of rotatable bonds is 10. The van der Waals surface area contributed by atoms with Crippen molar-refractivity contribution in [2.45, 2.75) is 45.4 Å². The molecule has 33 heavy (non-hydrogen) atoms. The molecule has 188 valence electrons. The second-order valence-corrected chi connectivity index (χ2v) is 8.97. The summed E-state index contributed by atoms with van der Waals surface area (Å²) in [7, 11) is 3.94. The fourth-order valence-corrected chi connectivity index (χ4v) is 4.29. The Morgan fingerprint density at radius 3 is 2.30 bits per heavy atom. The van der Waals surface area contributed by atoms with E-state index < -0.39 is 0 Å². The first-order chi connectivity index (χ1) is 15.7. The molecule has 0 aliphatic carbocycles. The molecule has 1 aromatic rings. The molecule has 0 amide bonds. The lowest BCUT2D eigenvalue weighted by Gasteiger charge is -2.34. The third-order valence-electron chi connectivity index (χ3n) is 6.36. The molecule has 0 bridgehead atoms. The number of likely N-dealkylation sites (tertiary alicyclic amines) is 1. The molecule has 0 atom stereocenters. The van der Waals surface area contributed by atoms with Gasteiger partial charge in [-0.15, -0.1) is 24.0 Å². The summed E-state index contributed by atoms with van der Waals surface area (Å²) in [6, 6.07) is 9.00. The molecule has 0 saturated carbocycles. The Hall–Kier alpha value is -0.940. The van der Waals surface area contributed by atoms with E-state index in [4.69, 9.17) is 14.5 Å². The quantitative estimate of drug-likeness (QED) is 0.201. The van der Waals surface area contributed by atoms with Crippen molar-refractivity contribution in [3.05, 3.63) is 35.4 Å². The van der Waals surface area contributed by atoms with Gasteiger partial charge in [0, 0.05) is 72.7 Å². The van der Waals surface area contributed by atoms with Crippen LogP contribution in [0.4, 0.5) is 0 Å². The minimum Gasteiger partial charge on any atom is -0.385 e. The van der Waals surface area contributed by atoms with E-state index in [0.29, 0.717) is 12.6 Å². The van der Waals surface area contributed by atoms with Crippen molar-refractivity contribution in [2.24, 2.45) is 4.99 Å². The molecule has 2 saturated heterocycles. The summed E-state index contributed by atoms with van der Waals surface area (Å²) in [6.07, 6.45) is 3.44. The average Bonchev–Trinajstić information content (AvgIpc) is 2.82. The first-order valence-electron chi connectivity index (χ1n) is 12.3. The molecule has 1 N–H and O–H groups in total. The lowest BCUT2D eigenvalue weighted by Crippen LogP contribution is -2.47. The van der Waals surface area contributed by atoms with Crippen LogP contribution < -0.4 is 5.32 Å². The van der Waals surface area contributed by atoms with Gasteiger partial charge in [0.25, 0.3) is 0 Å². The molecule has 0 unspecified atom stereocenters. The summed E-state index contributed by atoms with van der Waals surface area (Å²) in [6.45, 7) is 13.0. The van der Waals surface area contributed by atoms with Gasteiger partial charge >= 0.3 is 0 Å². The van der Waals surface area contributed by atoms with Crippen LogP contribution in [0.15, 0.2) is 29.3 Å². The molecule has 0 spiro atoms. The van der Waals surface area contributed by atoms with Crippen molar-refractivity contribution in [1.82, 2.24) is 20.0 Å². The van der Waals surface area contributed by atoms with Crippen LogP contribution in [0.25, 0.3) is 0 Å². The van der Waals surface area contributed by atoms with Crippen LogP contribution in [0, 0.1) is 0 Å². The van der Waals surface area contributed by atoms with Crippen molar-refractivity contribution in [1.29, 1.82) is 0 Å². The molecular weight excluding hydrogens is 529 g/mol. The maximum absolute atomic E-state index is 6.00. The molecule has 2 fully saturated rings. The van der Waals surface area contributed by atoms with E-state index >= 15 is 0 Å². The number of hydrogen-bond donors (Lipinski definition) is 1. The maximum atomic E-state index is 6.00. The van der Waals surface area contributed by atoms with E-state index in [1.54, 1.807) is 7.11 Å². The highest BCUT2D eigenvalue weighted by Gasteiger charge is 2.21. The third-order valence-corrected chi connectivity index (χ3v) is 6.36. The van der Waals surface area contributed by atoms with Crippen molar-refractivity contribution in [3.8, 4) is 0 Å². The Balaban J connectivity index is 0.00000385. The molecule has 0 radical (unpaired) electrons. The number of nitrogens with one attached hydrogen (secondary N) is 1. The lowest BCUT2D eigenvalue weighted by atomic mass is 10.1. The third kappa shape index (κ3) is 10.1. The van der Waals surface area contributed by atoms with Gasteiger partial charge in [-0.3, -0.25) is 4.90 Å². The topological polar surface area (TPSA) is 52.6 Å². The van der Waals surface area contributed by atoms with E-state index in [1.807, 2.05) is 0 Å². The van der Waals surface area contributed by atoms with Gasteiger partial charge in [0.1, 0.15) is 0 Å². The van der Waals surface area contributed by atoms with Crippen molar-refractivity contribution in [3.63, 3.8) is 0 Å². The van der Waals surface area contributed by atoms with E-state index in [2.05, 4.69) is 58.3 Å². The van der Waals surface area contributed by atoms with Crippen LogP contribution in [0.3, 0.4) is 0 Å². The molecule has 7 nitrogen and oxygen atoms in total. The zero-order valence-electron chi connectivity index (χ0n) is 20.8. The Morgan fingerprint density at radius 2 is 1.67 bits per heavy atom. The minimum atomic E-state index is 0. The van der Waals surface area contributed by atoms with Gasteiger partial charge in [0.15, 0.2) is 5.96 Å². The highest BCUT2D eigenvalue weighted by molar-refractivity contribution is 14.0. The predicted molar refractivity (Wildman–Crippen MR) is 146 cm³/mol. The molecule has 3 rings (SSSR count). The van der Waals surface area contributed by atoms with Crippen LogP contribution >= 0.6 is 24.0 Å². The number of piperazine rings is 1. The maximum Gasteiger partial charge on any atom is 0.194 e. The summed E-state index contributed by atoms with van der Waals surface area (Å²) in [5, 5.41) is 3.47. The van der Waals surface area contributed by atoms with Crippen LogP contribution in [-0.2, 0) is 22.6 Å². The minimum absolute atomic E-state index is 0. The summed E-state index contributed by atoms with van der Waals surface area (Å²) < 4.78 is 11.1. The number of piperidine rings is 1. The van der Waals surface area contributed by atoms with Crippen molar-refractivity contribution >= 4 is 29.9 Å². The molecule has 8 heteroatoms. The second kappa shape index (κ2) is 15.9. The monoisotopic (exact) mass is 573 g/mol. The standard InChI is InChI=1S/C25H43N5O2.HI/c1-4-26-25(30-12-10-24(11-13-30)32-19-5-18-31-3)27-20-22-6-8-23(9-7-22)21-29-16-14-28(2)15-17-29;/h6-9,24H,4-5,10-21H2,1-3H3,(H,26,27);1H. The normalized spacial score (nSPS) is 18.9. The lowest BCUT2D eigenvalue weighted by molar-refractivity contribution is 0.00990. The highest BCUT2D eigenvalue weighted by atomic mass is 127. The number of methoxy groups -OCH3 is 1. The zero-order valence-corrected chi connectivity index (χ0v) is 23.1. The van der Waals surface area contributed by atoms with Gasteiger partial charge < -0.3 is 24.6 Å². The Kier molecular flexibility index (Phi) is 13.6. The van der Waals surface area contributed by atoms with E-state index in [1.165, 1.54) is 11.1 Å². The summed E-state index contributed by atoms with van der Waals surface area (Å²) in [5.74, 6) is 1.02. The van der Waals surface area contributed by atoms with E-state index in [9.17, 15) is 0 Å². The van der Waals surface area contributed by atoms with Gasteiger partial charge in [-0.2, -0.15) is 0 Å². The number of likely N-dealkylation sites (N-methyl/N-ethyl adjacent to an activating group) is 1. The van der Waals surface area contributed by atoms with Gasteiger partial charge in [-0.25, -0.2) is 4.99 Å². The van der Waals surface area contributed by atoms with Crippen LogP contribution in [0.1, 0.15) is 37.3 Å². The Labute approximate surface area is 217 Å². The fourth-order valence-electron chi connectivity index (χ4n) is 4.29. The van der Waals surface area contributed by atoms with Crippen LogP contribution in [0.2, 0.25) is 0 Å². The summed E-state index contributed by atoms with van der Waals surface area (Å²) >= 11 is 0. The van der Waals surface area contributed by atoms with Gasteiger partial charge in [0.2, 0.25) is 0 Å². The largest absolute Gasteiger partial charge is 0.385 e. The Bertz CT molecular complexity index is 672. The van der Waals surface area contributed by atoms with E-state index in [-0.39, 0.29) is 24.0 Å². The molecule has 2 heterocycles. The number of ether oxygens (including phenoxy) is 2. The van der Waals surface area contributed by atoms with Crippen LogP contribution in [0.5, 0.6) is 0 Å². The number of guanidine groups is 1. The smallest absolute Gasteiger partial charge is 0.194 e. The van der Waals surface area contributed by atoms with Crippen molar-refractivity contribution in [2.75, 3.05) is 73.2 Å². The van der Waals surface area contributed by atoms with Crippen molar-refractivity contribution < 1.29 is 9.47 Å². The van der Waals surface area contributed by atoms with Gasteiger partial charge in [-0.05, 0) is 44.4 Å². The molecule has 1 aromatic carbocycles. The number of halogens is 1. The number of benzene rings is 1. The first kappa shape index (κ1) is 28.3. The molecule has 0 aromatic heterocycles. The molecule has 2 aliphatic heterocycles. The van der Waals surface area contributed by atoms with Crippen LogP contribution in [-0.4, -0.2) is 99.9 Å². The second-order valence-electron chi connectivity index (χ2n) is 8.97. The molecular formula is C25H44IN5O2. The predicted octanol–water partition coefficient (Wildman–Crippen LogP) is 3.04. The summed E-state index contributed by atoms with van der Waals surface area (Å²) in [5.41, 5.74) is 2.65. The van der Waals surface area contributed by atoms with Gasteiger partial charge in [0.05, 0.1) is 12.6 Å². The number of aliphatic imine (C=N–C) groups is 1. The highest BCUT2D eigenvalue weighted by Crippen LogP contribution is 2.15. The number of nitrogens with zero attached hydrogens (tertiary/aromatic N) is 4.